The first-order valence-corrected chi connectivity index (χ1v) is 28.8. The van der Waals surface area contributed by atoms with Gasteiger partial charge in [0.25, 0.3) is 0 Å². The largest absolute Gasteiger partial charge is 1.00 e. The first-order chi connectivity index (χ1) is 11.9. The Labute approximate surface area is 212 Å². The van der Waals surface area contributed by atoms with Gasteiger partial charge in [-0.15, -0.1) is 0 Å². The van der Waals surface area contributed by atoms with Crippen LogP contribution in [0.4, 0.5) is 0 Å². The predicted octanol–water partition coefficient (Wildman–Crippen LogP) is 1.76. The minimum Gasteiger partial charge on any atom is -1.00 e. The first-order valence-electron chi connectivity index (χ1n) is 10.6. The van der Waals surface area contributed by atoms with Crippen LogP contribution in [-0.4, -0.2) is 32.3 Å². The summed E-state index contributed by atoms with van der Waals surface area (Å²) in [6.45, 7) is 31.0. The van der Waals surface area contributed by atoms with Crippen molar-refractivity contribution in [2.75, 3.05) is 0 Å². The molecule has 164 valence electrons. The fourth-order valence-corrected chi connectivity index (χ4v) is 33.1. The standard InChI is InChI=1S/2C11H21Si2.2ClH.U/c2*1-12(2,3)10-8-7-9-11(10)13(4,5)6;;;/h2*8H,7H2,1-6H3;2*1H;/q;;;;+2/p-2. The molecule has 0 heterocycles. The normalized spacial score (nSPS) is 18.2. The molecule has 0 unspecified atom stereocenters. The van der Waals surface area contributed by atoms with E-state index in [4.69, 9.17) is 0 Å². The summed E-state index contributed by atoms with van der Waals surface area (Å²) in [7, 11) is -5.02. The Morgan fingerprint density at radius 3 is 1.00 bits per heavy atom. The number of allylic oxidation sites excluding steroid dienone is 8. The number of rotatable bonds is 6. The Hall–Kier alpha value is 1.46. The van der Waals surface area contributed by atoms with Gasteiger partial charge in [-0.2, -0.15) is 0 Å². The predicted molar refractivity (Wildman–Crippen MR) is 133 cm³/mol. The molecular weight excluding hydrogens is 686 g/mol. The van der Waals surface area contributed by atoms with Crippen LogP contribution in [0.15, 0.2) is 38.2 Å². The zero-order chi connectivity index (χ0) is 21.0. The molecular formula is C22H42Cl2Si4U. The average molecular weight is 728 g/mol. The van der Waals surface area contributed by atoms with E-state index < -0.39 is 60.0 Å². The van der Waals surface area contributed by atoms with Crippen LogP contribution in [0.5, 0.6) is 0 Å². The van der Waals surface area contributed by atoms with Gasteiger partial charge in [-0.05, 0) is 0 Å². The number of halogens is 2. The molecule has 29 heavy (non-hydrogen) atoms. The molecule has 0 radical (unpaired) electrons. The summed E-state index contributed by atoms with van der Waals surface area (Å²) in [6, 6.07) is 0. The molecule has 0 aromatic carbocycles. The molecule has 0 saturated heterocycles. The topological polar surface area (TPSA) is 0 Å². The molecule has 0 atom stereocenters. The van der Waals surface area contributed by atoms with Crippen molar-refractivity contribution >= 4 is 32.3 Å². The van der Waals surface area contributed by atoms with Crippen molar-refractivity contribution in [3.05, 3.63) is 38.2 Å². The molecule has 2 aliphatic rings. The molecule has 0 spiro atoms. The smallest absolute Gasteiger partial charge is 1.00 e. The quantitative estimate of drug-likeness (QED) is 0.367. The van der Waals surface area contributed by atoms with E-state index in [2.05, 4.69) is 90.7 Å². The van der Waals surface area contributed by atoms with Gasteiger partial charge in [-0.3, -0.25) is 0 Å². The summed E-state index contributed by atoms with van der Waals surface area (Å²) >= 11 is -1.09. The summed E-state index contributed by atoms with van der Waals surface area (Å²) in [5.41, 5.74) is 0. The van der Waals surface area contributed by atoms with E-state index in [1.165, 1.54) is 12.8 Å². The van der Waals surface area contributed by atoms with E-state index in [0.717, 1.165) is 0 Å². The molecule has 0 nitrogen and oxygen atoms in total. The van der Waals surface area contributed by atoms with Gasteiger partial charge >= 0.3 is 190 Å². The van der Waals surface area contributed by atoms with Crippen molar-refractivity contribution in [2.24, 2.45) is 0 Å². The minimum absolute atomic E-state index is 0. The van der Waals surface area contributed by atoms with Crippen LogP contribution in [0.3, 0.4) is 0 Å². The third-order valence-corrected chi connectivity index (χ3v) is 22.7. The Balaban J connectivity index is 0.00000392. The van der Waals surface area contributed by atoms with E-state index in [0.29, 0.717) is 0 Å². The van der Waals surface area contributed by atoms with Gasteiger partial charge in [0.15, 0.2) is 0 Å². The Morgan fingerprint density at radius 2 is 0.793 bits per heavy atom. The van der Waals surface area contributed by atoms with Crippen molar-refractivity contribution in [1.82, 2.24) is 0 Å². The third kappa shape index (κ3) is 7.22. The molecule has 2 aliphatic carbocycles. The number of hydrogen-bond acceptors (Lipinski definition) is 0. The second-order valence-electron chi connectivity index (χ2n) is 12.5. The molecule has 7 heteroatoms. The van der Waals surface area contributed by atoms with Crippen LogP contribution in [0.1, 0.15) is 12.8 Å². The fourth-order valence-electron chi connectivity index (χ4n) is 4.63. The Bertz CT molecular complexity index is 686. The summed E-state index contributed by atoms with van der Waals surface area (Å²) in [5.74, 6) is 0. The molecule has 0 aliphatic heterocycles. The van der Waals surface area contributed by atoms with Gasteiger partial charge < -0.3 is 24.8 Å². The Kier molecular flexibility index (Phi) is 10.7. The van der Waals surface area contributed by atoms with Crippen molar-refractivity contribution in [3.8, 4) is 0 Å². The van der Waals surface area contributed by atoms with Gasteiger partial charge in [-0.1, -0.05) is 0 Å². The van der Waals surface area contributed by atoms with Gasteiger partial charge in [0, 0.05) is 0 Å². The molecule has 0 bridgehead atoms. The molecule has 0 fully saturated rings. The maximum atomic E-state index is 2.68. The summed E-state index contributed by atoms with van der Waals surface area (Å²) in [6.07, 6.45) is 8.00. The van der Waals surface area contributed by atoms with Crippen LogP contribution in [-0.2, 0) is 0 Å². The van der Waals surface area contributed by atoms with Crippen molar-refractivity contribution in [3.63, 3.8) is 0 Å². The number of hydrogen-bond donors (Lipinski definition) is 0. The summed E-state index contributed by atoms with van der Waals surface area (Å²) in [4.78, 5) is 0. The zero-order valence-corrected chi connectivity index (χ0v) is 30.5. The summed E-state index contributed by atoms with van der Waals surface area (Å²) in [5, 5.41) is 7.58. The van der Waals surface area contributed by atoms with Gasteiger partial charge in [0.2, 0.25) is 0 Å². The maximum Gasteiger partial charge on any atom is -1.00 e. The molecule has 2 rings (SSSR count). The second-order valence-corrected chi connectivity index (χ2v) is 38.6. The van der Waals surface area contributed by atoms with Crippen LogP contribution >= 0.6 is 0 Å². The minimum atomic E-state index is -1.27. The van der Waals surface area contributed by atoms with Crippen LogP contribution in [0, 0.1) is 27.7 Å². The maximum absolute atomic E-state index is 2.68. The van der Waals surface area contributed by atoms with Crippen molar-refractivity contribution in [1.29, 1.82) is 0 Å². The van der Waals surface area contributed by atoms with Crippen molar-refractivity contribution in [2.45, 2.75) is 91.4 Å². The van der Waals surface area contributed by atoms with Crippen LogP contribution < -0.4 is 24.8 Å². The molecule has 0 N–H and O–H groups in total. The van der Waals surface area contributed by atoms with E-state index >= 15 is 0 Å². The van der Waals surface area contributed by atoms with Gasteiger partial charge in [-0.25, -0.2) is 0 Å². The van der Waals surface area contributed by atoms with E-state index in [1.54, 1.807) is 0 Å². The van der Waals surface area contributed by atoms with E-state index in [9.17, 15) is 0 Å². The van der Waals surface area contributed by atoms with Crippen molar-refractivity contribution < 1.29 is 52.5 Å². The molecule has 0 aromatic rings. The third-order valence-electron chi connectivity index (χ3n) is 5.58. The summed E-state index contributed by atoms with van der Waals surface area (Å²) < 4.78 is 4.01. The van der Waals surface area contributed by atoms with Gasteiger partial charge in [0.1, 0.15) is 0 Å². The Morgan fingerprint density at radius 1 is 0.517 bits per heavy atom. The SMILES string of the molecule is C[Si](C)(C)C1=CC[C]([U+2][C]2=C([Si](C)(C)C)C([Si](C)(C)C)=CC2)=C1[Si](C)(C)C.[Cl-].[Cl-]. The monoisotopic (exact) mass is 726 g/mol. The average Bonchev–Trinajstić information content (AvgIpc) is 3.00. The van der Waals surface area contributed by atoms with Gasteiger partial charge in [0.05, 0.1) is 0 Å². The van der Waals surface area contributed by atoms with Crippen LogP contribution in [0.25, 0.3) is 0 Å². The molecule has 0 aromatic heterocycles. The molecule has 0 amide bonds. The van der Waals surface area contributed by atoms with E-state index in [1.807, 2.05) is 26.0 Å². The van der Waals surface area contributed by atoms with Crippen LogP contribution in [0.2, 0.25) is 78.6 Å². The molecule has 0 saturated carbocycles. The van der Waals surface area contributed by atoms with E-state index in [-0.39, 0.29) is 24.8 Å². The first kappa shape index (κ1) is 30.5. The fraction of sp³-hybridized carbons (Fsp3) is 0.636. The zero-order valence-electron chi connectivity index (χ0n) is 20.8. The second kappa shape index (κ2) is 10.2.